The molecule has 0 radical (unpaired) electrons. The molecule has 0 amide bonds. The standard InChI is InChI=1S/C13H11IO4/c1-7-3-2-4-8(11(7)14)12(15)9-5-6-10(18-9)13(16)17/h2-6,12,15H,1H3,(H,16,17). The van der Waals surface area contributed by atoms with Gasteiger partial charge in [0.1, 0.15) is 11.9 Å². The summed E-state index contributed by atoms with van der Waals surface area (Å²) in [5, 5.41) is 19.0. The number of halogens is 1. The van der Waals surface area contributed by atoms with E-state index in [2.05, 4.69) is 22.6 Å². The van der Waals surface area contributed by atoms with E-state index in [9.17, 15) is 9.90 Å². The highest BCUT2D eigenvalue weighted by atomic mass is 127. The average Bonchev–Trinajstić information content (AvgIpc) is 2.81. The minimum Gasteiger partial charge on any atom is -0.475 e. The summed E-state index contributed by atoms with van der Waals surface area (Å²) in [5.74, 6) is -1.09. The third-order valence-corrected chi connectivity index (χ3v) is 4.10. The van der Waals surface area contributed by atoms with Crippen LogP contribution < -0.4 is 0 Å². The van der Waals surface area contributed by atoms with Gasteiger partial charge in [0.2, 0.25) is 5.76 Å². The molecular weight excluding hydrogens is 347 g/mol. The van der Waals surface area contributed by atoms with Crippen LogP contribution >= 0.6 is 22.6 Å². The second kappa shape index (κ2) is 5.11. The molecule has 0 aliphatic heterocycles. The van der Waals surface area contributed by atoms with Gasteiger partial charge < -0.3 is 14.6 Å². The van der Waals surface area contributed by atoms with Crippen LogP contribution in [0.25, 0.3) is 0 Å². The fraction of sp³-hybridized carbons (Fsp3) is 0.154. The maximum atomic E-state index is 10.7. The number of carbonyl (C=O) groups is 1. The van der Waals surface area contributed by atoms with Crippen molar-refractivity contribution in [3.05, 3.63) is 56.5 Å². The quantitative estimate of drug-likeness (QED) is 0.828. The Bertz CT molecular complexity index is 588. The Morgan fingerprint density at radius 2 is 2.06 bits per heavy atom. The highest BCUT2D eigenvalue weighted by molar-refractivity contribution is 14.1. The van der Waals surface area contributed by atoms with Crippen LogP contribution in [-0.4, -0.2) is 16.2 Å². The highest BCUT2D eigenvalue weighted by Gasteiger charge is 2.19. The van der Waals surface area contributed by atoms with Crippen LogP contribution in [0.5, 0.6) is 0 Å². The van der Waals surface area contributed by atoms with Crippen LogP contribution in [0.1, 0.15) is 33.5 Å². The lowest BCUT2D eigenvalue weighted by Crippen LogP contribution is -2.02. The van der Waals surface area contributed by atoms with E-state index < -0.39 is 12.1 Å². The minimum atomic E-state index is -1.15. The molecule has 0 aliphatic carbocycles. The zero-order chi connectivity index (χ0) is 13.3. The summed E-state index contributed by atoms with van der Waals surface area (Å²) in [5.41, 5.74) is 1.76. The number of aromatic carboxylic acids is 1. The number of benzene rings is 1. The fourth-order valence-corrected chi connectivity index (χ4v) is 2.30. The van der Waals surface area contributed by atoms with Gasteiger partial charge in [-0.1, -0.05) is 18.2 Å². The molecule has 5 heteroatoms. The predicted molar refractivity (Wildman–Crippen MR) is 73.6 cm³/mol. The zero-order valence-electron chi connectivity index (χ0n) is 9.55. The van der Waals surface area contributed by atoms with E-state index in [-0.39, 0.29) is 11.5 Å². The molecule has 4 nitrogen and oxygen atoms in total. The number of hydrogen-bond acceptors (Lipinski definition) is 3. The number of aryl methyl sites for hydroxylation is 1. The van der Waals surface area contributed by atoms with Crippen LogP contribution in [0.3, 0.4) is 0 Å². The fourth-order valence-electron chi connectivity index (χ4n) is 1.65. The van der Waals surface area contributed by atoms with Crippen molar-refractivity contribution in [2.75, 3.05) is 0 Å². The summed E-state index contributed by atoms with van der Waals surface area (Å²) >= 11 is 2.15. The van der Waals surface area contributed by atoms with Gasteiger partial charge in [-0.3, -0.25) is 0 Å². The van der Waals surface area contributed by atoms with E-state index in [1.807, 2.05) is 19.1 Å². The molecule has 0 saturated heterocycles. The number of aliphatic hydroxyl groups is 1. The van der Waals surface area contributed by atoms with Gasteiger partial charge in [0, 0.05) is 9.13 Å². The van der Waals surface area contributed by atoms with Gasteiger partial charge in [-0.05, 0) is 47.2 Å². The van der Waals surface area contributed by atoms with Crippen molar-refractivity contribution in [3.63, 3.8) is 0 Å². The van der Waals surface area contributed by atoms with Crippen LogP contribution in [-0.2, 0) is 0 Å². The molecule has 1 unspecified atom stereocenters. The van der Waals surface area contributed by atoms with Crippen LogP contribution in [0.2, 0.25) is 0 Å². The number of carboxylic acid groups (broad SMARTS) is 1. The van der Waals surface area contributed by atoms with E-state index in [0.29, 0.717) is 5.56 Å². The molecule has 1 aromatic heterocycles. The Balaban J connectivity index is 2.38. The van der Waals surface area contributed by atoms with Crippen LogP contribution in [0.4, 0.5) is 0 Å². The maximum absolute atomic E-state index is 10.7. The van der Waals surface area contributed by atoms with Crippen molar-refractivity contribution in [2.24, 2.45) is 0 Å². The minimum absolute atomic E-state index is 0.174. The first-order valence-electron chi connectivity index (χ1n) is 5.27. The molecule has 1 atom stereocenters. The summed E-state index contributed by atoms with van der Waals surface area (Å²) in [7, 11) is 0. The van der Waals surface area contributed by atoms with E-state index in [4.69, 9.17) is 9.52 Å². The van der Waals surface area contributed by atoms with Gasteiger partial charge in [0.25, 0.3) is 0 Å². The number of furan rings is 1. The first kappa shape index (κ1) is 13.1. The first-order chi connectivity index (χ1) is 8.50. The smallest absolute Gasteiger partial charge is 0.371 e. The number of carboxylic acids is 1. The zero-order valence-corrected chi connectivity index (χ0v) is 11.7. The molecule has 0 saturated carbocycles. The molecule has 0 fully saturated rings. The molecular formula is C13H11IO4. The summed E-state index contributed by atoms with van der Waals surface area (Å²) in [6.07, 6.45) is -0.954. The van der Waals surface area contributed by atoms with Gasteiger partial charge in [-0.15, -0.1) is 0 Å². The molecule has 0 bridgehead atoms. The van der Waals surface area contributed by atoms with Gasteiger partial charge in [0.15, 0.2) is 0 Å². The monoisotopic (exact) mass is 358 g/mol. The van der Waals surface area contributed by atoms with E-state index in [0.717, 1.165) is 9.13 Å². The maximum Gasteiger partial charge on any atom is 0.371 e. The molecule has 0 aliphatic rings. The Morgan fingerprint density at radius 3 is 2.67 bits per heavy atom. The normalized spacial score (nSPS) is 12.4. The van der Waals surface area contributed by atoms with Crippen molar-refractivity contribution in [1.82, 2.24) is 0 Å². The van der Waals surface area contributed by atoms with Crippen molar-refractivity contribution < 1.29 is 19.4 Å². The van der Waals surface area contributed by atoms with Crippen molar-refractivity contribution >= 4 is 28.6 Å². The molecule has 18 heavy (non-hydrogen) atoms. The number of rotatable bonds is 3. The molecule has 2 rings (SSSR count). The van der Waals surface area contributed by atoms with Gasteiger partial charge >= 0.3 is 5.97 Å². The van der Waals surface area contributed by atoms with Crippen molar-refractivity contribution in [3.8, 4) is 0 Å². The molecule has 2 aromatic rings. The predicted octanol–water partition coefficient (Wildman–Crippen LogP) is 2.97. The summed E-state index contributed by atoms with van der Waals surface area (Å²) in [6, 6.07) is 8.40. The van der Waals surface area contributed by atoms with E-state index in [1.54, 1.807) is 6.07 Å². The Kier molecular flexibility index (Phi) is 3.72. The van der Waals surface area contributed by atoms with Crippen LogP contribution in [0, 0.1) is 10.5 Å². The van der Waals surface area contributed by atoms with Gasteiger partial charge in [-0.2, -0.15) is 0 Å². The lowest BCUT2D eigenvalue weighted by atomic mass is 10.1. The lowest BCUT2D eigenvalue weighted by molar-refractivity contribution is 0.0655. The average molecular weight is 358 g/mol. The Labute approximate surface area is 117 Å². The molecule has 2 N–H and O–H groups in total. The Hall–Kier alpha value is -1.34. The van der Waals surface area contributed by atoms with Crippen LogP contribution in [0.15, 0.2) is 34.7 Å². The van der Waals surface area contributed by atoms with E-state index in [1.165, 1.54) is 12.1 Å². The van der Waals surface area contributed by atoms with E-state index >= 15 is 0 Å². The number of hydrogen-bond donors (Lipinski definition) is 2. The lowest BCUT2D eigenvalue weighted by Gasteiger charge is -2.12. The van der Waals surface area contributed by atoms with Crippen molar-refractivity contribution in [1.29, 1.82) is 0 Å². The Morgan fingerprint density at radius 1 is 1.33 bits per heavy atom. The second-order valence-corrected chi connectivity index (χ2v) is 4.97. The largest absolute Gasteiger partial charge is 0.475 e. The SMILES string of the molecule is Cc1cccc(C(O)c2ccc(C(=O)O)o2)c1I. The highest BCUT2D eigenvalue weighted by Crippen LogP contribution is 2.29. The summed E-state index contributed by atoms with van der Waals surface area (Å²) in [6.45, 7) is 1.95. The third kappa shape index (κ3) is 2.41. The third-order valence-electron chi connectivity index (χ3n) is 2.62. The molecule has 0 spiro atoms. The molecule has 1 aromatic carbocycles. The first-order valence-corrected chi connectivity index (χ1v) is 6.34. The van der Waals surface area contributed by atoms with Gasteiger partial charge in [0.05, 0.1) is 0 Å². The summed E-state index contributed by atoms with van der Waals surface area (Å²) < 4.78 is 6.04. The number of aliphatic hydroxyl groups excluding tert-OH is 1. The second-order valence-electron chi connectivity index (χ2n) is 3.89. The van der Waals surface area contributed by atoms with Crippen molar-refractivity contribution in [2.45, 2.75) is 13.0 Å². The topological polar surface area (TPSA) is 70.7 Å². The van der Waals surface area contributed by atoms with Gasteiger partial charge in [-0.25, -0.2) is 4.79 Å². The molecule has 1 heterocycles. The summed E-state index contributed by atoms with van der Waals surface area (Å²) in [4.78, 5) is 10.7. The molecule has 94 valence electrons.